The molecule has 0 radical (unpaired) electrons. The van der Waals surface area contributed by atoms with Crippen LogP contribution in [0, 0.1) is 6.92 Å². The van der Waals surface area contributed by atoms with Crippen molar-refractivity contribution >= 4 is 27.4 Å². The number of hydrogen-bond acceptors (Lipinski definition) is 3. The third-order valence-corrected chi connectivity index (χ3v) is 2.20. The van der Waals surface area contributed by atoms with Crippen LogP contribution in [-0.2, 0) is 6.54 Å². The van der Waals surface area contributed by atoms with Crippen LogP contribution in [0.3, 0.4) is 0 Å². The Morgan fingerprint density at radius 2 is 2.36 bits per heavy atom. The van der Waals surface area contributed by atoms with E-state index in [-0.39, 0.29) is 0 Å². The molecule has 0 amide bonds. The average Bonchev–Trinajstić information content (AvgIpc) is 2.40. The van der Waals surface area contributed by atoms with Gasteiger partial charge in [0.15, 0.2) is 0 Å². The molecule has 0 aliphatic rings. The number of nitrogens with zero attached hydrogens (tertiary/aromatic N) is 2. The molecule has 0 saturated heterocycles. The number of aromatic nitrogens is 2. The zero-order valence-electron chi connectivity index (χ0n) is 8.47. The van der Waals surface area contributed by atoms with E-state index in [2.05, 4.69) is 32.9 Å². The minimum atomic E-state index is 0.648. The predicted molar refractivity (Wildman–Crippen MR) is 63.6 cm³/mol. The lowest BCUT2D eigenvalue weighted by atomic mass is 10.4. The normalized spacial score (nSPS) is 10.2. The van der Waals surface area contributed by atoms with Crippen LogP contribution in [0.5, 0.6) is 0 Å². The first-order valence-corrected chi connectivity index (χ1v) is 5.25. The zero-order chi connectivity index (χ0) is 10.7. The number of anilines is 2. The third kappa shape index (κ3) is 2.29. The number of halogens is 1. The van der Waals surface area contributed by atoms with Gasteiger partial charge in [-0.1, -0.05) is 22.5 Å². The molecule has 0 aliphatic heterocycles. The van der Waals surface area contributed by atoms with Crippen molar-refractivity contribution in [1.29, 1.82) is 0 Å². The monoisotopic (exact) mass is 258 g/mol. The molecule has 1 aromatic rings. The summed E-state index contributed by atoms with van der Waals surface area (Å²) in [5, 5.41) is 7.47. The van der Waals surface area contributed by atoms with Gasteiger partial charge in [0.05, 0.1) is 11.4 Å². The van der Waals surface area contributed by atoms with E-state index < -0.39 is 0 Å². The Hall–Kier alpha value is -0.970. The fraction of sp³-hybridized carbons (Fsp3) is 0.444. The second-order valence-electron chi connectivity index (χ2n) is 3.03. The van der Waals surface area contributed by atoms with Crippen molar-refractivity contribution in [2.75, 3.05) is 17.6 Å². The van der Waals surface area contributed by atoms with Crippen molar-refractivity contribution in [3.05, 3.63) is 16.8 Å². The van der Waals surface area contributed by atoms with Crippen LogP contribution in [0.25, 0.3) is 0 Å². The number of rotatable bonds is 4. The molecule has 3 N–H and O–H groups in total. The largest absolute Gasteiger partial charge is 0.394 e. The SMILES string of the molecule is C=C(Br)CNc1c(N)c(C)nn1CC. The first-order valence-electron chi connectivity index (χ1n) is 4.46. The highest BCUT2D eigenvalue weighted by Crippen LogP contribution is 2.22. The van der Waals surface area contributed by atoms with Crippen LogP contribution < -0.4 is 11.1 Å². The smallest absolute Gasteiger partial charge is 0.148 e. The third-order valence-electron chi connectivity index (χ3n) is 1.92. The Bertz CT molecular complexity index is 343. The van der Waals surface area contributed by atoms with Crippen LogP contribution in [0.15, 0.2) is 11.1 Å². The second-order valence-corrected chi connectivity index (χ2v) is 4.16. The van der Waals surface area contributed by atoms with E-state index in [1.807, 2.05) is 18.5 Å². The molecule has 0 aromatic carbocycles. The predicted octanol–water partition coefficient (Wildman–Crippen LogP) is 2.11. The zero-order valence-corrected chi connectivity index (χ0v) is 10.1. The van der Waals surface area contributed by atoms with Crippen LogP contribution in [-0.4, -0.2) is 16.3 Å². The Balaban J connectivity index is 2.88. The van der Waals surface area contributed by atoms with Crippen LogP contribution in [0.1, 0.15) is 12.6 Å². The average molecular weight is 259 g/mol. The molecule has 1 aromatic heterocycles. The number of hydrogen-bond donors (Lipinski definition) is 2. The second kappa shape index (κ2) is 4.50. The lowest BCUT2D eigenvalue weighted by Gasteiger charge is -2.07. The van der Waals surface area contributed by atoms with Gasteiger partial charge < -0.3 is 11.1 Å². The van der Waals surface area contributed by atoms with Crippen LogP contribution >= 0.6 is 15.9 Å². The number of nitrogens with two attached hydrogens (primary N) is 1. The van der Waals surface area contributed by atoms with Gasteiger partial charge in [0.1, 0.15) is 5.82 Å². The highest BCUT2D eigenvalue weighted by molar-refractivity contribution is 9.11. The molecule has 1 rings (SSSR count). The van der Waals surface area contributed by atoms with Crippen LogP contribution in [0.4, 0.5) is 11.5 Å². The fourth-order valence-corrected chi connectivity index (χ4v) is 1.33. The minimum absolute atomic E-state index is 0.648. The van der Waals surface area contributed by atoms with Gasteiger partial charge in [0.2, 0.25) is 0 Å². The summed E-state index contributed by atoms with van der Waals surface area (Å²) in [4.78, 5) is 0. The molecule has 4 nitrogen and oxygen atoms in total. The maximum absolute atomic E-state index is 5.87. The summed E-state index contributed by atoms with van der Waals surface area (Å²) in [6.45, 7) is 9.12. The van der Waals surface area contributed by atoms with Crippen molar-refractivity contribution in [3.8, 4) is 0 Å². The molecule has 14 heavy (non-hydrogen) atoms. The molecule has 0 spiro atoms. The first-order chi connectivity index (χ1) is 6.56. The Labute approximate surface area is 92.3 Å². The Kier molecular flexibility index (Phi) is 3.57. The molecular formula is C9H15BrN4. The molecular weight excluding hydrogens is 244 g/mol. The summed E-state index contributed by atoms with van der Waals surface area (Å²) < 4.78 is 2.74. The molecule has 0 fully saturated rings. The number of nitrogen functional groups attached to an aromatic ring is 1. The quantitative estimate of drug-likeness (QED) is 0.870. The summed E-state index contributed by atoms with van der Waals surface area (Å²) in [5.41, 5.74) is 7.44. The van der Waals surface area contributed by atoms with E-state index in [1.54, 1.807) is 0 Å². The van der Waals surface area contributed by atoms with E-state index in [0.29, 0.717) is 12.2 Å². The summed E-state index contributed by atoms with van der Waals surface area (Å²) in [6.07, 6.45) is 0. The van der Waals surface area contributed by atoms with Gasteiger partial charge in [-0.15, -0.1) is 0 Å². The van der Waals surface area contributed by atoms with Gasteiger partial charge in [-0.2, -0.15) is 5.10 Å². The fourth-order valence-electron chi connectivity index (χ4n) is 1.19. The van der Waals surface area contributed by atoms with Gasteiger partial charge in [0, 0.05) is 17.6 Å². The van der Waals surface area contributed by atoms with Crippen molar-refractivity contribution in [1.82, 2.24) is 9.78 Å². The Morgan fingerprint density at radius 3 is 2.86 bits per heavy atom. The summed E-state index contributed by atoms with van der Waals surface area (Å²) >= 11 is 3.28. The van der Waals surface area contributed by atoms with Gasteiger partial charge in [-0.05, 0) is 13.8 Å². The van der Waals surface area contributed by atoms with Crippen molar-refractivity contribution in [3.63, 3.8) is 0 Å². The van der Waals surface area contributed by atoms with E-state index in [0.717, 1.165) is 22.5 Å². The van der Waals surface area contributed by atoms with Gasteiger partial charge >= 0.3 is 0 Å². The number of nitrogens with one attached hydrogen (secondary N) is 1. The molecule has 1 heterocycles. The molecule has 78 valence electrons. The van der Waals surface area contributed by atoms with Gasteiger partial charge in [0.25, 0.3) is 0 Å². The van der Waals surface area contributed by atoms with Crippen molar-refractivity contribution < 1.29 is 0 Å². The topological polar surface area (TPSA) is 55.9 Å². The summed E-state index contributed by atoms with van der Waals surface area (Å²) in [6, 6.07) is 0. The standard InChI is InChI=1S/C9H15BrN4/c1-4-14-9(12-5-6(2)10)8(11)7(3)13-14/h12H,2,4-5,11H2,1,3H3. The highest BCUT2D eigenvalue weighted by atomic mass is 79.9. The van der Waals surface area contributed by atoms with Crippen molar-refractivity contribution in [2.24, 2.45) is 0 Å². The van der Waals surface area contributed by atoms with Gasteiger partial charge in [-0.25, -0.2) is 4.68 Å². The molecule has 0 aliphatic carbocycles. The molecule has 0 atom stereocenters. The van der Waals surface area contributed by atoms with Gasteiger partial charge in [-0.3, -0.25) is 0 Å². The molecule has 0 unspecified atom stereocenters. The number of aryl methyl sites for hydroxylation is 2. The Morgan fingerprint density at radius 1 is 1.71 bits per heavy atom. The molecule has 0 saturated carbocycles. The molecule has 5 heteroatoms. The minimum Gasteiger partial charge on any atom is -0.394 e. The molecule has 0 bridgehead atoms. The first kappa shape index (κ1) is 11.1. The lowest BCUT2D eigenvalue weighted by molar-refractivity contribution is 0.659. The maximum Gasteiger partial charge on any atom is 0.148 e. The summed E-state index contributed by atoms with van der Waals surface area (Å²) in [5.74, 6) is 0.866. The van der Waals surface area contributed by atoms with E-state index in [1.165, 1.54) is 0 Å². The van der Waals surface area contributed by atoms with Crippen LogP contribution in [0.2, 0.25) is 0 Å². The van der Waals surface area contributed by atoms with E-state index in [9.17, 15) is 0 Å². The highest BCUT2D eigenvalue weighted by Gasteiger charge is 2.10. The lowest BCUT2D eigenvalue weighted by Crippen LogP contribution is -2.09. The maximum atomic E-state index is 5.87. The van der Waals surface area contributed by atoms with E-state index in [4.69, 9.17) is 5.73 Å². The summed E-state index contributed by atoms with van der Waals surface area (Å²) in [7, 11) is 0. The van der Waals surface area contributed by atoms with E-state index >= 15 is 0 Å². The van der Waals surface area contributed by atoms with Crippen molar-refractivity contribution in [2.45, 2.75) is 20.4 Å².